The molecule has 0 saturated heterocycles. The van der Waals surface area contributed by atoms with E-state index < -0.39 is 0 Å². The molecule has 1 saturated carbocycles. The molecule has 2 aromatic rings. The molecule has 178 valence electrons. The fourth-order valence-corrected chi connectivity index (χ4v) is 3.45. The topological polar surface area (TPSA) is 63.8 Å². The van der Waals surface area contributed by atoms with E-state index in [1.807, 2.05) is 24.4 Å². The summed E-state index contributed by atoms with van der Waals surface area (Å²) in [5, 5.41) is 3.17. The van der Waals surface area contributed by atoms with Crippen molar-refractivity contribution in [2.45, 2.75) is 46.0 Å². The summed E-state index contributed by atoms with van der Waals surface area (Å²) in [6.45, 7) is 13.9. The number of rotatable bonds is 7. The molecule has 0 bridgehead atoms. The molecule has 4 rings (SSSR count). The average Bonchev–Trinajstić information content (AvgIpc) is 3.71. The zero-order chi connectivity index (χ0) is 24.8. The Labute approximate surface area is 205 Å². The van der Waals surface area contributed by atoms with Crippen molar-refractivity contribution in [3.8, 4) is 0 Å². The van der Waals surface area contributed by atoms with Gasteiger partial charge in [-0.05, 0) is 87.3 Å². The molecule has 0 amide bonds. The summed E-state index contributed by atoms with van der Waals surface area (Å²) in [6, 6.07) is 7.68. The lowest BCUT2D eigenvalue weighted by atomic mass is 10.0. The van der Waals surface area contributed by atoms with Crippen LogP contribution in [0.3, 0.4) is 0 Å². The smallest absolute Gasteiger partial charge is 0.132 e. The van der Waals surface area contributed by atoms with Crippen LogP contribution in [0.4, 0.5) is 11.6 Å². The van der Waals surface area contributed by atoms with E-state index in [9.17, 15) is 0 Å². The summed E-state index contributed by atoms with van der Waals surface area (Å²) in [5.41, 5.74) is 10.9. The lowest BCUT2D eigenvalue weighted by Gasteiger charge is -2.09. The number of hydrogen-bond acceptors (Lipinski definition) is 4. The van der Waals surface area contributed by atoms with Crippen LogP contribution in [0.2, 0.25) is 0 Å². The molecule has 0 spiro atoms. The van der Waals surface area contributed by atoms with E-state index in [4.69, 9.17) is 5.73 Å². The molecule has 2 aromatic heterocycles. The number of allylic oxidation sites excluding steroid dienone is 8. The van der Waals surface area contributed by atoms with Gasteiger partial charge in [0.1, 0.15) is 11.6 Å². The number of anilines is 2. The van der Waals surface area contributed by atoms with Crippen LogP contribution in [-0.4, -0.2) is 9.97 Å². The quantitative estimate of drug-likeness (QED) is 0.329. The summed E-state index contributed by atoms with van der Waals surface area (Å²) in [5.74, 6) is 2.46. The third-order valence-electron chi connectivity index (χ3n) is 5.45. The fraction of sp³-hybridized carbons (Fsp3) is 0.267. The first-order valence-corrected chi connectivity index (χ1v) is 11.9. The SMILES string of the molecule is C/C=C\C(=C/C)CC1CC1.C=C.C=C(N)c1ccnc(Nc2ccc(C3=CCCC=C3)cn2)c1. The van der Waals surface area contributed by atoms with Gasteiger partial charge in [0, 0.05) is 23.7 Å². The number of nitrogens with one attached hydrogen (secondary N) is 1. The van der Waals surface area contributed by atoms with Gasteiger partial charge >= 0.3 is 0 Å². The first kappa shape index (κ1) is 26.6. The van der Waals surface area contributed by atoms with E-state index in [1.54, 1.807) is 6.20 Å². The zero-order valence-corrected chi connectivity index (χ0v) is 20.6. The summed E-state index contributed by atoms with van der Waals surface area (Å²) in [4.78, 5) is 8.70. The predicted molar refractivity (Wildman–Crippen MR) is 148 cm³/mol. The van der Waals surface area contributed by atoms with Gasteiger partial charge in [-0.15, -0.1) is 13.2 Å². The van der Waals surface area contributed by atoms with Crippen molar-refractivity contribution in [2.24, 2.45) is 11.7 Å². The first-order valence-electron chi connectivity index (χ1n) is 11.9. The first-order chi connectivity index (χ1) is 16.6. The lowest BCUT2D eigenvalue weighted by Crippen LogP contribution is -1.99. The second kappa shape index (κ2) is 14.5. The molecule has 2 heterocycles. The second-order valence-electron chi connectivity index (χ2n) is 8.16. The van der Waals surface area contributed by atoms with Gasteiger partial charge in [-0.1, -0.05) is 48.6 Å². The van der Waals surface area contributed by atoms with Gasteiger partial charge in [0.05, 0.1) is 0 Å². The van der Waals surface area contributed by atoms with E-state index in [1.165, 1.54) is 30.4 Å². The summed E-state index contributed by atoms with van der Waals surface area (Å²) in [6.07, 6.45) is 23.1. The molecular formula is C30H38N4. The van der Waals surface area contributed by atoms with E-state index >= 15 is 0 Å². The maximum Gasteiger partial charge on any atom is 0.132 e. The number of nitrogens with two attached hydrogens (primary N) is 1. The highest BCUT2D eigenvalue weighted by Gasteiger charge is 2.21. The third-order valence-corrected chi connectivity index (χ3v) is 5.45. The van der Waals surface area contributed by atoms with Crippen LogP contribution in [0, 0.1) is 5.92 Å². The largest absolute Gasteiger partial charge is 0.399 e. The molecule has 0 atom stereocenters. The summed E-state index contributed by atoms with van der Waals surface area (Å²) >= 11 is 0. The molecule has 34 heavy (non-hydrogen) atoms. The Kier molecular flexibility index (Phi) is 11.3. The molecule has 0 aliphatic heterocycles. The van der Waals surface area contributed by atoms with Gasteiger partial charge < -0.3 is 11.1 Å². The van der Waals surface area contributed by atoms with Crippen LogP contribution < -0.4 is 11.1 Å². The van der Waals surface area contributed by atoms with Crippen molar-refractivity contribution >= 4 is 22.9 Å². The fourth-order valence-electron chi connectivity index (χ4n) is 3.45. The van der Waals surface area contributed by atoms with Crippen LogP contribution in [0.1, 0.15) is 57.1 Å². The van der Waals surface area contributed by atoms with E-state index in [-0.39, 0.29) is 0 Å². The van der Waals surface area contributed by atoms with Crippen LogP contribution in [-0.2, 0) is 0 Å². The van der Waals surface area contributed by atoms with Crippen molar-refractivity contribution in [3.05, 3.63) is 110 Å². The molecule has 0 aromatic carbocycles. The maximum atomic E-state index is 5.70. The van der Waals surface area contributed by atoms with Crippen LogP contribution in [0.25, 0.3) is 11.3 Å². The van der Waals surface area contributed by atoms with Gasteiger partial charge in [0.15, 0.2) is 0 Å². The van der Waals surface area contributed by atoms with Gasteiger partial charge in [-0.25, -0.2) is 9.97 Å². The van der Waals surface area contributed by atoms with Crippen molar-refractivity contribution in [1.82, 2.24) is 9.97 Å². The highest BCUT2D eigenvalue weighted by Crippen LogP contribution is 2.35. The normalized spacial score (nSPS) is 14.9. The highest BCUT2D eigenvalue weighted by molar-refractivity contribution is 5.75. The molecule has 0 unspecified atom stereocenters. The van der Waals surface area contributed by atoms with E-state index in [0.29, 0.717) is 11.5 Å². The van der Waals surface area contributed by atoms with Crippen LogP contribution in [0.5, 0.6) is 0 Å². The zero-order valence-electron chi connectivity index (χ0n) is 20.6. The minimum absolute atomic E-state index is 0.518. The second-order valence-corrected chi connectivity index (χ2v) is 8.16. The summed E-state index contributed by atoms with van der Waals surface area (Å²) < 4.78 is 0. The molecule has 3 N–H and O–H groups in total. The molecule has 2 aliphatic carbocycles. The molecule has 0 radical (unpaired) electrons. The number of nitrogens with zero attached hydrogens (tertiary/aromatic N) is 2. The van der Waals surface area contributed by atoms with Crippen molar-refractivity contribution in [1.29, 1.82) is 0 Å². The van der Waals surface area contributed by atoms with E-state index in [2.05, 4.69) is 91.4 Å². The Morgan fingerprint density at radius 2 is 1.91 bits per heavy atom. The molecule has 4 heteroatoms. The highest BCUT2D eigenvalue weighted by atomic mass is 15.0. The van der Waals surface area contributed by atoms with Gasteiger partial charge in [0.2, 0.25) is 0 Å². The Morgan fingerprint density at radius 1 is 1.12 bits per heavy atom. The lowest BCUT2D eigenvalue weighted by molar-refractivity contribution is 0.835. The Morgan fingerprint density at radius 3 is 2.47 bits per heavy atom. The minimum Gasteiger partial charge on any atom is -0.399 e. The number of hydrogen-bond donors (Lipinski definition) is 2. The van der Waals surface area contributed by atoms with Gasteiger partial charge in [-0.2, -0.15) is 0 Å². The Balaban J connectivity index is 0.000000286. The predicted octanol–water partition coefficient (Wildman–Crippen LogP) is 7.99. The van der Waals surface area contributed by atoms with E-state index in [0.717, 1.165) is 35.7 Å². The Bertz CT molecular complexity index is 1040. The number of pyridine rings is 2. The summed E-state index contributed by atoms with van der Waals surface area (Å²) in [7, 11) is 0. The average molecular weight is 455 g/mol. The van der Waals surface area contributed by atoms with Crippen molar-refractivity contribution < 1.29 is 0 Å². The van der Waals surface area contributed by atoms with Crippen molar-refractivity contribution in [2.75, 3.05) is 5.32 Å². The minimum atomic E-state index is 0.518. The standard InChI is InChI=1S/C18H18N4.C10H16.C2H4/c1-13(19)15-9-10-20-18(11-15)22-17-8-7-16(12-21-17)14-5-3-2-4-6-14;1-3-5-9(4-2)8-10-6-7-10;1-2/h3,5-12H,1-2,4,19H2,(H,20,21,22);3-5,10H,6-8H2,1-2H3;1-2H2/b;5-3-,9-4+;. The van der Waals surface area contributed by atoms with Gasteiger partial charge in [-0.3, -0.25) is 0 Å². The number of aromatic nitrogens is 2. The molecule has 4 nitrogen and oxygen atoms in total. The molecular weight excluding hydrogens is 416 g/mol. The van der Waals surface area contributed by atoms with Crippen LogP contribution >= 0.6 is 0 Å². The molecule has 2 aliphatic rings. The maximum absolute atomic E-state index is 5.70. The molecule has 1 fully saturated rings. The Hall–Kier alpha value is -3.66. The third kappa shape index (κ3) is 9.07. The van der Waals surface area contributed by atoms with Gasteiger partial charge in [0.25, 0.3) is 0 Å². The van der Waals surface area contributed by atoms with Crippen molar-refractivity contribution in [3.63, 3.8) is 0 Å². The van der Waals surface area contributed by atoms with Crippen LogP contribution in [0.15, 0.2) is 98.4 Å². The monoisotopic (exact) mass is 454 g/mol.